The van der Waals surface area contributed by atoms with Crippen LogP contribution in [0.2, 0.25) is 0 Å². The van der Waals surface area contributed by atoms with Crippen LogP contribution in [-0.4, -0.2) is 53.1 Å². The smallest absolute Gasteiger partial charge is 0.274 e. The van der Waals surface area contributed by atoms with Crippen LogP contribution in [-0.2, 0) is 11.3 Å². The molecule has 25 heavy (non-hydrogen) atoms. The van der Waals surface area contributed by atoms with Crippen LogP contribution in [0, 0.1) is 0 Å². The monoisotopic (exact) mass is 340 g/mol. The molecular weight excluding hydrogens is 316 g/mol. The lowest BCUT2D eigenvalue weighted by Crippen LogP contribution is -2.38. The first-order valence-corrected chi connectivity index (χ1v) is 8.65. The Labute approximate surface area is 148 Å². The van der Waals surface area contributed by atoms with Crippen molar-refractivity contribution in [3.05, 3.63) is 54.0 Å². The summed E-state index contributed by atoms with van der Waals surface area (Å²) >= 11 is 0. The summed E-state index contributed by atoms with van der Waals surface area (Å²) < 4.78 is 5.35. The van der Waals surface area contributed by atoms with Gasteiger partial charge in [-0.05, 0) is 19.4 Å². The van der Waals surface area contributed by atoms with E-state index in [1.165, 1.54) is 0 Å². The van der Waals surface area contributed by atoms with Crippen LogP contribution < -0.4 is 4.90 Å². The van der Waals surface area contributed by atoms with Gasteiger partial charge < -0.3 is 14.5 Å². The molecule has 2 heterocycles. The van der Waals surface area contributed by atoms with Crippen molar-refractivity contribution in [2.45, 2.75) is 26.4 Å². The topological polar surface area (TPSA) is 58.6 Å². The number of ether oxygens (including phenoxy) is 1. The summed E-state index contributed by atoms with van der Waals surface area (Å²) in [6.45, 7) is 7.57. The number of carbonyl (C=O) groups is 1. The molecule has 1 aliphatic rings. The fourth-order valence-corrected chi connectivity index (χ4v) is 2.80. The third-order valence-corrected chi connectivity index (χ3v) is 4.27. The summed E-state index contributed by atoms with van der Waals surface area (Å²) in [7, 11) is 0. The lowest BCUT2D eigenvalue weighted by molar-refractivity contribution is 0.0683. The van der Waals surface area contributed by atoms with Gasteiger partial charge in [0.05, 0.1) is 25.6 Å². The van der Waals surface area contributed by atoms with Crippen LogP contribution in [0.15, 0.2) is 42.7 Å². The molecule has 6 heteroatoms. The Hall–Kier alpha value is -2.47. The standard InChI is InChI=1S/C19H24N4O2/c1-15(2)23(14-16-6-4-3-5-7-16)19(24)17-12-21-18(13-20-17)22-8-10-25-11-9-22/h3-7,12-13,15H,8-11,14H2,1-2H3. The maximum atomic E-state index is 12.9. The zero-order chi connectivity index (χ0) is 17.6. The van der Waals surface area contributed by atoms with Crippen LogP contribution in [0.5, 0.6) is 0 Å². The number of aromatic nitrogens is 2. The average molecular weight is 340 g/mol. The van der Waals surface area contributed by atoms with Crippen LogP contribution in [0.4, 0.5) is 5.82 Å². The van der Waals surface area contributed by atoms with Crippen molar-refractivity contribution in [1.29, 1.82) is 0 Å². The number of morpholine rings is 1. The van der Waals surface area contributed by atoms with Crippen molar-refractivity contribution in [2.24, 2.45) is 0 Å². The van der Waals surface area contributed by atoms with Crippen LogP contribution in [0.3, 0.4) is 0 Å². The Morgan fingerprint density at radius 1 is 1.16 bits per heavy atom. The Kier molecular flexibility index (Phi) is 5.60. The quantitative estimate of drug-likeness (QED) is 0.836. The molecular formula is C19H24N4O2. The van der Waals surface area contributed by atoms with Gasteiger partial charge >= 0.3 is 0 Å². The molecule has 1 aromatic heterocycles. The second-order valence-electron chi connectivity index (χ2n) is 6.37. The number of anilines is 1. The van der Waals surface area contributed by atoms with Crippen molar-refractivity contribution in [3.8, 4) is 0 Å². The van der Waals surface area contributed by atoms with Gasteiger partial charge in [-0.3, -0.25) is 4.79 Å². The molecule has 1 aliphatic heterocycles. The van der Waals surface area contributed by atoms with Gasteiger partial charge in [-0.1, -0.05) is 30.3 Å². The Morgan fingerprint density at radius 3 is 2.48 bits per heavy atom. The molecule has 0 radical (unpaired) electrons. The van der Waals surface area contributed by atoms with Crippen molar-refractivity contribution in [3.63, 3.8) is 0 Å². The van der Waals surface area contributed by atoms with E-state index in [2.05, 4.69) is 14.9 Å². The summed E-state index contributed by atoms with van der Waals surface area (Å²) in [4.78, 5) is 25.6. The predicted octanol–water partition coefficient (Wildman–Crippen LogP) is 2.36. The SMILES string of the molecule is CC(C)N(Cc1ccccc1)C(=O)c1cnc(N2CCOCC2)cn1. The normalized spacial score (nSPS) is 14.6. The molecule has 2 aromatic rings. The first kappa shape index (κ1) is 17.4. The largest absolute Gasteiger partial charge is 0.378 e. The van der Waals surface area contributed by atoms with Gasteiger partial charge in [0.1, 0.15) is 11.5 Å². The van der Waals surface area contributed by atoms with E-state index in [9.17, 15) is 4.79 Å². The fraction of sp³-hybridized carbons (Fsp3) is 0.421. The highest BCUT2D eigenvalue weighted by molar-refractivity contribution is 5.92. The maximum absolute atomic E-state index is 12.9. The highest BCUT2D eigenvalue weighted by Crippen LogP contribution is 2.15. The van der Waals surface area contributed by atoms with Crippen LogP contribution in [0.25, 0.3) is 0 Å². The molecule has 0 N–H and O–H groups in total. The van der Waals surface area contributed by atoms with Crippen molar-refractivity contribution in [2.75, 3.05) is 31.2 Å². The van der Waals surface area contributed by atoms with Crippen molar-refractivity contribution < 1.29 is 9.53 Å². The van der Waals surface area contributed by atoms with Crippen LogP contribution in [0.1, 0.15) is 29.9 Å². The summed E-state index contributed by atoms with van der Waals surface area (Å²) in [5.41, 5.74) is 1.48. The van der Waals surface area contributed by atoms with Crippen molar-refractivity contribution >= 4 is 11.7 Å². The molecule has 1 aromatic carbocycles. The molecule has 0 aliphatic carbocycles. The van der Waals surface area contributed by atoms with Gasteiger partial charge in [0, 0.05) is 25.7 Å². The molecule has 0 atom stereocenters. The summed E-state index contributed by atoms with van der Waals surface area (Å²) in [6, 6.07) is 10.1. The number of amides is 1. The van der Waals surface area contributed by atoms with Gasteiger partial charge in [0.25, 0.3) is 5.91 Å². The number of hydrogen-bond donors (Lipinski definition) is 0. The molecule has 1 saturated heterocycles. The second-order valence-corrected chi connectivity index (χ2v) is 6.37. The Morgan fingerprint density at radius 2 is 1.88 bits per heavy atom. The Balaban J connectivity index is 1.73. The van der Waals surface area contributed by atoms with Gasteiger partial charge in [0.2, 0.25) is 0 Å². The van der Waals surface area contributed by atoms with E-state index < -0.39 is 0 Å². The summed E-state index contributed by atoms with van der Waals surface area (Å²) in [5, 5.41) is 0. The lowest BCUT2D eigenvalue weighted by Gasteiger charge is -2.28. The first-order chi connectivity index (χ1) is 12.1. The molecule has 0 unspecified atom stereocenters. The number of rotatable bonds is 5. The average Bonchev–Trinajstić information content (AvgIpc) is 2.67. The van der Waals surface area contributed by atoms with Gasteiger partial charge in [-0.25, -0.2) is 9.97 Å². The summed E-state index contributed by atoms with van der Waals surface area (Å²) in [6.07, 6.45) is 3.26. The maximum Gasteiger partial charge on any atom is 0.274 e. The third kappa shape index (κ3) is 4.33. The number of benzene rings is 1. The van der Waals surface area contributed by atoms with E-state index in [-0.39, 0.29) is 11.9 Å². The molecule has 0 spiro atoms. The lowest BCUT2D eigenvalue weighted by atomic mass is 10.2. The van der Waals surface area contributed by atoms with Crippen LogP contribution >= 0.6 is 0 Å². The fourth-order valence-electron chi connectivity index (χ4n) is 2.80. The predicted molar refractivity (Wildman–Crippen MR) is 96.5 cm³/mol. The number of hydrogen-bond acceptors (Lipinski definition) is 5. The van der Waals surface area contributed by atoms with E-state index in [0.717, 1.165) is 24.5 Å². The molecule has 0 saturated carbocycles. The van der Waals surface area contributed by atoms with E-state index in [1.54, 1.807) is 12.4 Å². The van der Waals surface area contributed by atoms with Gasteiger partial charge in [-0.2, -0.15) is 0 Å². The highest BCUT2D eigenvalue weighted by Gasteiger charge is 2.21. The van der Waals surface area contributed by atoms with Gasteiger partial charge in [0.15, 0.2) is 0 Å². The molecule has 6 nitrogen and oxygen atoms in total. The molecule has 0 bridgehead atoms. The van der Waals surface area contributed by atoms with Gasteiger partial charge in [-0.15, -0.1) is 0 Å². The third-order valence-electron chi connectivity index (χ3n) is 4.27. The minimum Gasteiger partial charge on any atom is -0.378 e. The minimum atomic E-state index is -0.0973. The summed E-state index contributed by atoms with van der Waals surface area (Å²) in [5.74, 6) is 0.693. The molecule has 1 amide bonds. The van der Waals surface area contributed by atoms with E-state index in [0.29, 0.717) is 25.5 Å². The van der Waals surface area contributed by atoms with E-state index in [4.69, 9.17) is 4.74 Å². The second kappa shape index (κ2) is 8.07. The number of nitrogens with zero attached hydrogens (tertiary/aromatic N) is 4. The molecule has 3 rings (SSSR count). The van der Waals surface area contributed by atoms with E-state index >= 15 is 0 Å². The Bertz CT molecular complexity index is 682. The zero-order valence-electron chi connectivity index (χ0n) is 14.8. The highest BCUT2D eigenvalue weighted by atomic mass is 16.5. The number of carbonyl (C=O) groups excluding carboxylic acids is 1. The van der Waals surface area contributed by atoms with E-state index in [1.807, 2.05) is 49.1 Å². The minimum absolute atomic E-state index is 0.0772. The molecule has 132 valence electrons. The van der Waals surface area contributed by atoms with Crippen molar-refractivity contribution in [1.82, 2.24) is 14.9 Å². The first-order valence-electron chi connectivity index (χ1n) is 8.65. The molecule has 1 fully saturated rings. The zero-order valence-corrected chi connectivity index (χ0v) is 14.8.